The highest BCUT2D eigenvalue weighted by molar-refractivity contribution is 5.78. The van der Waals surface area contributed by atoms with Crippen molar-refractivity contribution in [1.82, 2.24) is 15.5 Å². The van der Waals surface area contributed by atoms with Crippen LogP contribution in [-0.4, -0.2) is 49.6 Å². The number of likely N-dealkylation sites (N-methyl/N-ethyl adjacent to an activating group) is 2. The molecule has 1 unspecified atom stereocenters. The van der Waals surface area contributed by atoms with Gasteiger partial charge in [0, 0.05) is 12.6 Å². The number of carbonyl (C=O) groups excluding carboxylic acids is 1. The molecule has 0 saturated heterocycles. The largest absolute Gasteiger partial charge is 0.351 e. The van der Waals surface area contributed by atoms with Crippen molar-refractivity contribution in [3.05, 3.63) is 0 Å². The third kappa shape index (κ3) is 7.33. The summed E-state index contributed by atoms with van der Waals surface area (Å²) < 4.78 is 0. The van der Waals surface area contributed by atoms with E-state index in [1.54, 1.807) is 0 Å². The second-order valence-corrected chi connectivity index (χ2v) is 3.73. The summed E-state index contributed by atoms with van der Waals surface area (Å²) in [7, 11) is 0. The Bertz CT molecular complexity index is 169. The standard InChI is InChI=1S/C11H25N3O/c1-5-12-8-11(15)13-10(4)9-14(6-2)7-3/h10,12H,5-9H2,1-4H3,(H,13,15). The summed E-state index contributed by atoms with van der Waals surface area (Å²) >= 11 is 0. The molecule has 90 valence electrons. The maximum atomic E-state index is 11.4. The van der Waals surface area contributed by atoms with Crippen LogP contribution < -0.4 is 10.6 Å². The smallest absolute Gasteiger partial charge is 0.234 e. The number of carbonyl (C=O) groups is 1. The van der Waals surface area contributed by atoms with E-state index in [2.05, 4.69) is 29.4 Å². The summed E-state index contributed by atoms with van der Waals surface area (Å²) in [5.74, 6) is 0.0801. The zero-order chi connectivity index (χ0) is 11.7. The number of rotatable bonds is 8. The maximum Gasteiger partial charge on any atom is 0.234 e. The minimum atomic E-state index is 0.0801. The molecule has 0 fully saturated rings. The third-order valence-corrected chi connectivity index (χ3v) is 2.37. The summed E-state index contributed by atoms with van der Waals surface area (Å²) in [6.07, 6.45) is 0. The van der Waals surface area contributed by atoms with Crippen molar-refractivity contribution in [2.45, 2.75) is 33.7 Å². The predicted octanol–water partition coefficient (Wildman–Crippen LogP) is 0.442. The number of nitrogens with one attached hydrogen (secondary N) is 2. The van der Waals surface area contributed by atoms with Gasteiger partial charge in [-0.25, -0.2) is 0 Å². The van der Waals surface area contributed by atoms with Gasteiger partial charge in [-0.15, -0.1) is 0 Å². The van der Waals surface area contributed by atoms with Crippen LogP contribution in [0, 0.1) is 0 Å². The Hall–Kier alpha value is -0.610. The minimum absolute atomic E-state index is 0.0801. The summed E-state index contributed by atoms with van der Waals surface area (Å²) in [5, 5.41) is 5.98. The zero-order valence-corrected chi connectivity index (χ0v) is 10.5. The van der Waals surface area contributed by atoms with Crippen molar-refractivity contribution < 1.29 is 4.79 Å². The summed E-state index contributed by atoms with van der Waals surface area (Å²) in [5.41, 5.74) is 0. The van der Waals surface area contributed by atoms with E-state index >= 15 is 0 Å². The zero-order valence-electron chi connectivity index (χ0n) is 10.5. The van der Waals surface area contributed by atoms with Crippen LogP contribution in [0.4, 0.5) is 0 Å². The van der Waals surface area contributed by atoms with E-state index in [9.17, 15) is 4.79 Å². The second-order valence-electron chi connectivity index (χ2n) is 3.73. The molecule has 0 spiro atoms. The normalized spacial score (nSPS) is 12.9. The molecule has 0 saturated carbocycles. The van der Waals surface area contributed by atoms with E-state index in [1.807, 2.05) is 13.8 Å². The maximum absolute atomic E-state index is 11.4. The van der Waals surface area contributed by atoms with Crippen molar-refractivity contribution in [1.29, 1.82) is 0 Å². The number of nitrogens with zero attached hydrogens (tertiary/aromatic N) is 1. The Morgan fingerprint density at radius 1 is 1.27 bits per heavy atom. The first-order valence-corrected chi connectivity index (χ1v) is 5.86. The van der Waals surface area contributed by atoms with E-state index < -0.39 is 0 Å². The van der Waals surface area contributed by atoms with Crippen LogP contribution in [0.3, 0.4) is 0 Å². The molecule has 0 aliphatic carbocycles. The molecule has 4 nitrogen and oxygen atoms in total. The van der Waals surface area contributed by atoms with Crippen LogP contribution in [0.2, 0.25) is 0 Å². The van der Waals surface area contributed by atoms with Crippen molar-refractivity contribution in [3.8, 4) is 0 Å². The van der Waals surface area contributed by atoms with Gasteiger partial charge >= 0.3 is 0 Å². The molecule has 2 N–H and O–H groups in total. The lowest BCUT2D eigenvalue weighted by Gasteiger charge is -2.23. The molecule has 0 aromatic carbocycles. The Labute approximate surface area is 93.4 Å². The first kappa shape index (κ1) is 14.4. The molecule has 4 heteroatoms. The average Bonchev–Trinajstić information content (AvgIpc) is 2.22. The molecule has 0 rings (SSSR count). The molecule has 0 aliphatic heterocycles. The van der Waals surface area contributed by atoms with Crippen molar-refractivity contribution >= 4 is 5.91 Å². The van der Waals surface area contributed by atoms with Crippen molar-refractivity contribution in [2.75, 3.05) is 32.7 Å². The second kappa shape index (κ2) is 8.68. The van der Waals surface area contributed by atoms with Gasteiger partial charge in [0.15, 0.2) is 0 Å². The van der Waals surface area contributed by atoms with E-state index in [1.165, 1.54) is 0 Å². The van der Waals surface area contributed by atoms with Crippen LogP contribution in [0.25, 0.3) is 0 Å². The van der Waals surface area contributed by atoms with Crippen LogP contribution in [0.1, 0.15) is 27.7 Å². The number of hydrogen-bond donors (Lipinski definition) is 2. The summed E-state index contributed by atoms with van der Waals surface area (Å²) in [6.45, 7) is 12.5. The topological polar surface area (TPSA) is 44.4 Å². The Morgan fingerprint density at radius 2 is 1.87 bits per heavy atom. The van der Waals surface area contributed by atoms with Crippen molar-refractivity contribution in [2.24, 2.45) is 0 Å². The van der Waals surface area contributed by atoms with Crippen LogP contribution in [0.15, 0.2) is 0 Å². The Morgan fingerprint density at radius 3 is 2.33 bits per heavy atom. The summed E-state index contributed by atoms with van der Waals surface area (Å²) in [4.78, 5) is 13.7. The van der Waals surface area contributed by atoms with E-state index in [0.717, 1.165) is 26.2 Å². The fourth-order valence-corrected chi connectivity index (χ4v) is 1.48. The number of amides is 1. The molecular weight excluding hydrogens is 190 g/mol. The van der Waals surface area contributed by atoms with Crippen LogP contribution >= 0.6 is 0 Å². The summed E-state index contributed by atoms with van der Waals surface area (Å²) in [6, 6.07) is 0.219. The monoisotopic (exact) mass is 215 g/mol. The Balaban J connectivity index is 3.71. The molecule has 0 bridgehead atoms. The first-order chi connectivity index (χ1) is 7.13. The molecule has 1 amide bonds. The van der Waals surface area contributed by atoms with Crippen LogP contribution in [0.5, 0.6) is 0 Å². The highest BCUT2D eigenvalue weighted by atomic mass is 16.1. The Kier molecular flexibility index (Phi) is 8.33. The fourth-order valence-electron chi connectivity index (χ4n) is 1.48. The molecule has 0 aromatic rings. The SMILES string of the molecule is CCNCC(=O)NC(C)CN(CC)CC. The van der Waals surface area contributed by atoms with Gasteiger partial charge in [0.25, 0.3) is 0 Å². The lowest BCUT2D eigenvalue weighted by molar-refractivity contribution is -0.120. The van der Waals surface area contributed by atoms with Gasteiger partial charge in [0.05, 0.1) is 6.54 Å². The van der Waals surface area contributed by atoms with Crippen LogP contribution in [-0.2, 0) is 4.79 Å². The average molecular weight is 215 g/mol. The molecule has 0 radical (unpaired) electrons. The van der Waals surface area contributed by atoms with Gasteiger partial charge in [-0.3, -0.25) is 4.79 Å². The van der Waals surface area contributed by atoms with Crippen molar-refractivity contribution in [3.63, 3.8) is 0 Å². The van der Waals surface area contributed by atoms with E-state index in [4.69, 9.17) is 0 Å². The molecule has 0 aliphatic rings. The predicted molar refractivity (Wildman–Crippen MR) is 63.9 cm³/mol. The molecule has 0 heterocycles. The van der Waals surface area contributed by atoms with Gasteiger partial charge in [-0.05, 0) is 26.6 Å². The first-order valence-electron chi connectivity index (χ1n) is 5.86. The van der Waals surface area contributed by atoms with Gasteiger partial charge in [0.1, 0.15) is 0 Å². The van der Waals surface area contributed by atoms with Gasteiger partial charge < -0.3 is 15.5 Å². The lowest BCUT2D eigenvalue weighted by Crippen LogP contribution is -2.44. The molecule has 1 atom stereocenters. The molecule has 0 aromatic heterocycles. The van der Waals surface area contributed by atoms with E-state index in [0.29, 0.717) is 6.54 Å². The quantitative estimate of drug-likeness (QED) is 0.617. The lowest BCUT2D eigenvalue weighted by atomic mass is 10.3. The molecule has 15 heavy (non-hydrogen) atoms. The van der Waals surface area contributed by atoms with Gasteiger partial charge in [0.2, 0.25) is 5.91 Å². The third-order valence-electron chi connectivity index (χ3n) is 2.37. The van der Waals surface area contributed by atoms with E-state index in [-0.39, 0.29) is 11.9 Å². The highest BCUT2D eigenvalue weighted by Crippen LogP contribution is 1.91. The number of hydrogen-bond acceptors (Lipinski definition) is 3. The fraction of sp³-hybridized carbons (Fsp3) is 0.909. The van der Waals surface area contributed by atoms with Gasteiger partial charge in [-0.2, -0.15) is 0 Å². The highest BCUT2D eigenvalue weighted by Gasteiger charge is 2.09. The van der Waals surface area contributed by atoms with Gasteiger partial charge in [-0.1, -0.05) is 20.8 Å². The minimum Gasteiger partial charge on any atom is -0.351 e. The molecular formula is C11H25N3O.